The van der Waals surface area contributed by atoms with E-state index >= 15 is 0 Å². The van der Waals surface area contributed by atoms with E-state index in [0.29, 0.717) is 17.7 Å². The summed E-state index contributed by atoms with van der Waals surface area (Å²) < 4.78 is 6.50. The second-order valence-corrected chi connectivity index (χ2v) is 19.6. The third-order valence-corrected chi connectivity index (χ3v) is 17.0. The van der Waals surface area contributed by atoms with Gasteiger partial charge in [0.15, 0.2) is 5.82 Å². The lowest BCUT2D eigenvalue weighted by Gasteiger charge is -2.28. The van der Waals surface area contributed by atoms with Crippen molar-refractivity contribution in [2.45, 2.75) is 0 Å². The average molecular weight is 838 g/mol. The molecule has 0 aliphatic carbocycles. The van der Waals surface area contributed by atoms with Crippen LogP contribution in [-0.4, -0.2) is 51.7 Å². The quantitative estimate of drug-likeness (QED) is 0.150. The molecule has 0 N–H and O–H groups in total. The van der Waals surface area contributed by atoms with Crippen molar-refractivity contribution in [1.82, 2.24) is 43.6 Å². The largest absolute Gasteiger partial charge is 0.299 e. The van der Waals surface area contributed by atoms with Crippen LogP contribution in [0.15, 0.2) is 212 Å². The van der Waals surface area contributed by atoms with Crippen LogP contribution in [0.3, 0.4) is 0 Å². The molecule has 0 bridgehead atoms. The average Bonchev–Trinajstić information content (AvgIpc) is 4.13. The summed E-state index contributed by atoms with van der Waals surface area (Å²) >= 11 is 0. The predicted octanol–water partition coefficient (Wildman–Crippen LogP) is 8.58. The Morgan fingerprint density at radius 2 is 0.781 bits per heavy atom. The van der Waals surface area contributed by atoms with Gasteiger partial charge in [0.25, 0.3) is 0 Å². The van der Waals surface area contributed by atoms with E-state index in [1.54, 1.807) is 0 Å². The van der Waals surface area contributed by atoms with Crippen LogP contribution in [0, 0.1) is 0 Å². The fourth-order valence-corrected chi connectivity index (χ4v) is 14.6. The fourth-order valence-electron chi connectivity index (χ4n) is 9.64. The zero-order chi connectivity index (χ0) is 42.2. The summed E-state index contributed by atoms with van der Waals surface area (Å²) in [6, 6.07) is 73.7. The number of hydrogen-bond donors (Lipinski definition) is 0. The first-order valence-electron chi connectivity index (χ1n) is 21.3. The molecule has 1 aliphatic rings. The first kappa shape index (κ1) is 36.1. The van der Waals surface area contributed by atoms with Gasteiger partial charge in [-0.1, -0.05) is 170 Å². The van der Waals surface area contributed by atoms with Crippen molar-refractivity contribution < 1.29 is 0 Å². The molecule has 13 rings (SSSR count). The van der Waals surface area contributed by atoms with Crippen LogP contribution in [0.2, 0.25) is 0 Å². The van der Waals surface area contributed by atoms with Gasteiger partial charge in [0.2, 0.25) is 20.0 Å². The summed E-state index contributed by atoms with van der Waals surface area (Å²) in [6.07, 6.45) is 0. The molecule has 0 saturated carbocycles. The molecule has 5 heterocycles. The van der Waals surface area contributed by atoms with E-state index in [0.717, 1.165) is 72.6 Å². The summed E-state index contributed by atoms with van der Waals surface area (Å²) in [7, 11) is -3.04. The van der Waals surface area contributed by atoms with Crippen LogP contribution in [0.4, 0.5) is 0 Å². The van der Waals surface area contributed by atoms with Crippen LogP contribution in [0.5, 0.6) is 0 Å². The van der Waals surface area contributed by atoms with Gasteiger partial charge in [0, 0.05) is 22.4 Å². The number of para-hydroxylation sites is 7. The van der Waals surface area contributed by atoms with Gasteiger partial charge in [-0.3, -0.25) is 13.7 Å². The minimum Gasteiger partial charge on any atom is -0.299 e. The number of aromatic nitrogens is 9. The van der Waals surface area contributed by atoms with Crippen LogP contribution >= 0.6 is 0 Å². The third-order valence-electron chi connectivity index (χ3n) is 12.4. The summed E-state index contributed by atoms with van der Waals surface area (Å²) in [6.45, 7) is 0. The Morgan fingerprint density at radius 3 is 1.38 bits per heavy atom. The molecule has 1 unspecified atom stereocenters. The van der Waals surface area contributed by atoms with E-state index in [2.05, 4.69) is 153 Å². The Morgan fingerprint density at radius 1 is 0.328 bits per heavy atom. The molecule has 1 atom stereocenters. The molecule has 1 aliphatic heterocycles. The van der Waals surface area contributed by atoms with E-state index in [1.807, 2.05) is 72.8 Å². The van der Waals surface area contributed by atoms with E-state index < -0.39 is 8.07 Å². The second kappa shape index (κ2) is 14.2. The van der Waals surface area contributed by atoms with Crippen molar-refractivity contribution in [1.29, 1.82) is 0 Å². The Hall–Kier alpha value is -8.60. The molecule has 0 fully saturated rings. The Labute approximate surface area is 368 Å². The number of benzene rings is 8. The van der Waals surface area contributed by atoms with Crippen molar-refractivity contribution in [3.05, 3.63) is 212 Å². The van der Waals surface area contributed by atoms with Crippen LogP contribution < -0.4 is 21.0 Å². The van der Waals surface area contributed by atoms with E-state index in [-0.39, 0.29) is 0 Å². The van der Waals surface area contributed by atoms with Gasteiger partial charge >= 0.3 is 0 Å². The smallest absolute Gasteiger partial charge is 0.241 e. The highest BCUT2D eigenvalue weighted by Crippen LogP contribution is 2.33. The molecule has 0 radical (unpaired) electrons. The van der Waals surface area contributed by atoms with Crippen LogP contribution in [-0.2, 0) is 0 Å². The van der Waals surface area contributed by atoms with Gasteiger partial charge in [0.1, 0.15) is 17.1 Å². The summed E-state index contributed by atoms with van der Waals surface area (Å²) in [4.78, 5) is 32.1. The predicted molar refractivity (Wildman–Crippen MR) is 257 cm³/mol. The minimum atomic E-state index is -3.04. The molecule has 4 aromatic heterocycles. The zero-order valence-corrected chi connectivity index (χ0v) is 35.2. The molecule has 0 spiro atoms. The molecule has 64 heavy (non-hydrogen) atoms. The molecule has 300 valence electrons. The molecular weight excluding hydrogens is 803 g/mol. The van der Waals surface area contributed by atoms with Crippen LogP contribution in [0.1, 0.15) is 0 Å². The van der Waals surface area contributed by atoms with Gasteiger partial charge in [-0.2, -0.15) is 15.0 Å². The lowest BCUT2D eigenvalue weighted by atomic mass is 10.2. The number of rotatable bonds is 7. The van der Waals surface area contributed by atoms with E-state index in [4.69, 9.17) is 29.9 Å². The third kappa shape index (κ3) is 5.36. The number of imidazole rings is 3. The summed E-state index contributed by atoms with van der Waals surface area (Å²) in [5.74, 6) is 2.87. The Bertz CT molecular complexity index is 3610. The first-order valence-corrected chi connectivity index (χ1v) is 23.3. The SMILES string of the molecule is c1ccc(-c2nc3ccccc3n2-c2nc(-c3cccc([Si]4(c5ccccc5)c5ccccc5-n5c4nc4ccccc45)c3)nc(-n3c(-c4ccccc4)nc4ccccc43)n2)cc1. The van der Waals surface area contributed by atoms with Crippen molar-refractivity contribution in [2.24, 2.45) is 0 Å². The van der Waals surface area contributed by atoms with Gasteiger partial charge < -0.3 is 0 Å². The van der Waals surface area contributed by atoms with Crippen molar-refractivity contribution in [3.63, 3.8) is 0 Å². The zero-order valence-electron chi connectivity index (χ0n) is 34.2. The lowest BCUT2D eigenvalue weighted by molar-refractivity contribution is 0.869. The minimum absolute atomic E-state index is 0.442. The highest BCUT2D eigenvalue weighted by Gasteiger charge is 2.52. The topological polar surface area (TPSA) is 92.1 Å². The maximum Gasteiger partial charge on any atom is 0.241 e. The second-order valence-electron chi connectivity index (χ2n) is 16.0. The Balaban J connectivity index is 1.11. The standard InChI is InChI=1S/C54H35N9Si/c1-4-19-36(20-5-1)50-55-41-27-10-14-31-45(41)62(50)52-58-49(59-53(60-52)63-46-32-15-11-28-42(46)56-51(63)37-21-6-2-7-22-37)38-23-18-26-40(35-38)64(39-24-8-3-9-25-39)48-34-17-16-33-47(48)61-44-30-13-12-29-43(44)57-54(61)64/h1-35H. The maximum atomic E-state index is 5.51. The summed E-state index contributed by atoms with van der Waals surface area (Å²) in [5.41, 5.74) is 10.5. The van der Waals surface area contributed by atoms with Gasteiger partial charge in [0.05, 0.1) is 33.1 Å². The molecule has 9 nitrogen and oxygen atoms in total. The molecule has 0 amide bonds. The van der Waals surface area contributed by atoms with E-state index in [1.165, 1.54) is 15.6 Å². The first-order chi connectivity index (χ1) is 31.7. The maximum absolute atomic E-state index is 5.51. The molecule has 0 saturated heterocycles. The molecule has 8 aromatic carbocycles. The van der Waals surface area contributed by atoms with Gasteiger partial charge in [-0.15, -0.1) is 0 Å². The van der Waals surface area contributed by atoms with Crippen molar-refractivity contribution in [2.75, 3.05) is 0 Å². The summed E-state index contributed by atoms with van der Waals surface area (Å²) in [5, 5.41) is 3.72. The van der Waals surface area contributed by atoms with Crippen LogP contribution in [0.25, 0.3) is 84.8 Å². The van der Waals surface area contributed by atoms with Crippen molar-refractivity contribution >= 4 is 62.2 Å². The highest BCUT2D eigenvalue weighted by atomic mass is 28.3. The van der Waals surface area contributed by atoms with E-state index in [9.17, 15) is 0 Å². The Kier molecular flexibility index (Phi) is 8.02. The monoisotopic (exact) mass is 837 g/mol. The molecule has 12 aromatic rings. The number of hydrogen-bond acceptors (Lipinski definition) is 6. The van der Waals surface area contributed by atoms with Gasteiger partial charge in [-0.05, 0) is 58.0 Å². The normalized spacial score (nSPS) is 14.3. The fraction of sp³-hybridized carbons (Fsp3) is 0. The number of nitrogens with zero attached hydrogens (tertiary/aromatic N) is 9. The highest BCUT2D eigenvalue weighted by molar-refractivity contribution is 7.20. The van der Waals surface area contributed by atoms with Gasteiger partial charge in [-0.25, -0.2) is 15.0 Å². The molecular formula is C54H35N9Si. The number of fused-ring (bicyclic) bond motifs is 7. The molecule has 10 heteroatoms. The van der Waals surface area contributed by atoms with Crippen molar-refractivity contribution in [3.8, 4) is 51.7 Å². The lowest BCUT2D eigenvalue weighted by Crippen LogP contribution is -2.73.